The summed E-state index contributed by atoms with van der Waals surface area (Å²) in [6, 6.07) is 13.3. The van der Waals surface area contributed by atoms with Crippen molar-refractivity contribution in [3.63, 3.8) is 0 Å². The maximum Gasteiger partial charge on any atom is 0.258 e. The van der Waals surface area contributed by atoms with Gasteiger partial charge in [-0.1, -0.05) is 47.7 Å². The number of rotatable bonds is 2. The van der Waals surface area contributed by atoms with Crippen molar-refractivity contribution < 1.29 is 4.79 Å². The van der Waals surface area contributed by atoms with Gasteiger partial charge in [-0.3, -0.25) is 10.1 Å². The van der Waals surface area contributed by atoms with Crippen molar-refractivity contribution in [1.29, 1.82) is 0 Å². The molecule has 0 aliphatic carbocycles. The standard InChI is InChI=1S/C13H10N4OS/c14-12-16-17-13(19-12)15-11(18)10-7-3-5-8-4-1-2-6-9(8)10/h1-7H,(H2,14,16)(H,15,17,18). The Hall–Kier alpha value is -2.47. The first-order valence-corrected chi connectivity index (χ1v) is 6.44. The number of amides is 1. The number of fused-ring (bicyclic) bond motifs is 1. The maximum atomic E-state index is 12.2. The van der Waals surface area contributed by atoms with Gasteiger partial charge in [-0.25, -0.2) is 0 Å². The van der Waals surface area contributed by atoms with E-state index in [1.54, 1.807) is 6.07 Å². The molecular formula is C13H10N4OS. The second-order valence-electron chi connectivity index (χ2n) is 3.93. The average Bonchev–Trinajstić information content (AvgIpc) is 2.83. The van der Waals surface area contributed by atoms with Gasteiger partial charge in [-0.15, -0.1) is 10.2 Å². The molecule has 2 aromatic carbocycles. The predicted molar refractivity (Wildman–Crippen MR) is 76.2 cm³/mol. The zero-order chi connectivity index (χ0) is 13.2. The van der Waals surface area contributed by atoms with Crippen molar-refractivity contribution in [2.75, 3.05) is 11.1 Å². The Morgan fingerprint density at radius 2 is 1.89 bits per heavy atom. The summed E-state index contributed by atoms with van der Waals surface area (Å²) >= 11 is 1.14. The molecule has 0 saturated carbocycles. The monoisotopic (exact) mass is 270 g/mol. The number of nitrogens with two attached hydrogens (primary N) is 1. The third kappa shape index (κ3) is 2.25. The fourth-order valence-electron chi connectivity index (χ4n) is 1.87. The zero-order valence-electron chi connectivity index (χ0n) is 9.83. The van der Waals surface area contributed by atoms with Gasteiger partial charge in [0.1, 0.15) is 0 Å². The third-order valence-corrected chi connectivity index (χ3v) is 3.36. The molecule has 3 N–H and O–H groups in total. The summed E-state index contributed by atoms with van der Waals surface area (Å²) in [5, 5.41) is 12.8. The van der Waals surface area contributed by atoms with Crippen LogP contribution in [0.15, 0.2) is 42.5 Å². The molecule has 0 atom stereocenters. The lowest BCUT2D eigenvalue weighted by Gasteiger charge is -2.05. The van der Waals surface area contributed by atoms with Crippen LogP contribution in [0, 0.1) is 0 Å². The van der Waals surface area contributed by atoms with E-state index >= 15 is 0 Å². The first-order chi connectivity index (χ1) is 9.24. The summed E-state index contributed by atoms with van der Waals surface area (Å²) in [6.07, 6.45) is 0. The van der Waals surface area contributed by atoms with Crippen molar-refractivity contribution in [1.82, 2.24) is 10.2 Å². The Kier molecular flexibility index (Phi) is 2.85. The molecule has 0 unspecified atom stereocenters. The molecule has 0 saturated heterocycles. The average molecular weight is 270 g/mol. The molecule has 0 bridgehead atoms. The second kappa shape index (κ2) is 4.66. The van der Waals surface area contributed by atoms with Gasteiger partial charge in [0.2, 0.25) is 10.3 Å². The van der Waals surface area contributed by atoms with Crippen LogP contribution in [0.25, 0.3) is 10.8 Å². The van der Waals surface area contributed by atoms with E-state index in [0.717, 1.165) is 22.1 Å². The lowest BCUT2D eigenvalue weighted by atomic mass is 10.0. The number of aromatic nitrogens is 2. The first kappa shape index (κ1) is 11.6. The number of nitrogens with one attached hydrogen (secondary N) is 1. The van der Waals surface area contributed by atoms with Crippen LogP contribution in [-0.2, 0) is 0 Å². The van der Waals surface area contributed by atoms with E-state index in [-0.39, 0.29) is 5.91 Å². The highest BCUT2D eigenvalue weighted by atomic mass is 32.1. The van der Waals surface area contributed by atoms with Crippen LogP contribution in [0.3, 0.4) is 0 Å². The van der Waals surface area contributed by atoms with E-state index < -0.39 is 0 Å². The number of hydrogen-bond acceptors (Lipinski definition) is 5. The summed E-state index contributed by atoms with van der Waals surface area (Å²) in [5.41, 5.74) is 6.08. The molecule has 1 heterocycles. The summed E-state index contributed by atoms with van der Waals surface area (Å²) < 4.78 is 0. The maximum absolute atomic E-state index is 12.2. The van der Waals surface area contributed by atoms with E-state index in [1.807, 2.05) is 36.4 Å². The van der Waals surface area contributed by atoms with Gasteiger partial charge in [0, 0.05) is 5.56 Å². The highest BCUT2D eigenvalue weighted by Gasteiger charge is 2.11. The van der Waals surface area contributed by atoms with Crippen LogP contribution < -0.4 is 11.1 Å². The van der Waals surface area contributed by atoms with E-state index in [0.29, 0.717) is 15.8 Å². The number of carbonyl (C=O) groups is 1. The highest BCUT2D eigenvalue weighted by Crippen LogP contribution is 2.21. The van der Waals surface area contributed by atoms with E-state index in [9.17, 15) is 4.79 Å². The molecule has 3 rings (SSSR count). The van der Waals surface area contributed by atoms with Gasteiger partial charge in [-0.05, 0) is 16.8 Å². The number of anilines is 2. The smallest absolute Gasteiger partial charge is 0.258 e. The Bertz CT molecular complexity index is 748. The van der Waals surface area contributed by atoms with Crippen LogP contribution in [0.2, 0.25) is 0 Å². The molecule has 1 amide bonds. The number of nitrogen functional groups attached to an aromatic ring is 1. The molecule has 5 nitrogen and oxygen atoms in total. The SMILES string of the molecule is Nc1nnc(NC(=O)c2cccc3ccccc23)s1. The minimum absolute atomic E-state index is 0.215. The second-order valence-corrected chi connectivity index (χ2v) is 4.94. The lowest BCUT2D eigenvalue weighted by Crippen LogP contribution is -2.12. The number of carbonyl (C=O) groups excluding carboxylic acids is 1. The quantitative estimate of drug-likeness (QED) is 0.749. The van der Waals surface area contributed by atoms with E-state index in [2.05, 4.69) is 15.5 Å². The van der Waals surface area contributed by atoms with Gasteiger partial charge >= 0.3 is 0 Å². The molecule has 0 spiro atoms. The van der Waals surface area contributed by atoms with Crippen LogP contribution in [0.5, 0.6) is 0 Å². The molecule has 1 aromatic heterocycles. The lowest BCUT2D eigenvalue weighted by molar-refractivity contribution is 0.102. The zero-order valence-corrected chi connectivity index (χ0v) is 10.6. The first-order valence-electron chi connectivity index (χ1n) is 5.62. The Morgan fingerprint density at radius 3 is 2.68 bits per heavy atom. The Balaban J connectivity index is 1.97. The van der Waals surface area contributed by atoms with Crippen LogP contribution in [0.4, 0.5) is 10.3 Å². The molecule has 0 aliphatic rings. The van der Waals surface area contributed by atoms with E-state index in [1.165, 1.54) is 0 Å². The molecule has 94 valence electrons. The van der Waals surface area contributed by atoms with Gasteiger partial charge in [0.25, 0.3) is 5.91 Å². The third-order valence-electron chi connectivity index (χ3n) is 2.70. The molecule has 0 radical (unpaired) electrons. The number of hydrogen-bond donors (Lipinski definition) is 2. The molecule has 3 aromatic rings. The molecule has 0 aliphatic heterocycles. The van der Waals surface area contributed by atoms with Gasteiger partial charge in [0.05, 0.1) is 0 Å². The van der Waals surface area contributed by atoms with Crippen molar-refractivity contribution in [3.8, 4) is 0 Å². The van der Waals surface area contributed by atoms with Crippen LogP contribution in [0.1, 0.15) is 10.4 Å². The minimum Gasteiger partial charge on any atom is -0.374 e. The van der Waals surface area contributed by atoms with Gasteiger partial charge in [-0.2, -0.15) is 0 Å². The summed E-state index contributed by atoms with van der Waals surface area (Å²) in [6.45, 7) is 0. The largest absolute Gasteiger partial charge is 0.374 e. The number of nitrogens with zero attached hydrogens (tertiary/aromatic N) is 2. The fraction of sp³-hybridized carbons (Fsp3) is 0. The summed E-state index contributed by atoms with van der Waals surface area (Å²) in [4.78, 5) is 12.2. The highest BCUT2D eigenvalue weighted by molar-refractivity contribution is 7.19. The fourth-order valence-corrected chi connectivity index (χ4v) is 2.38. The van der Waals surface area contributed by atoms with Crippen molar-refractivity contribution >= 4 is 38.3 Å². The predicted octanol–water partition coefficient (Wildman–Crippen LogP) is 2.53. The minimum atomic E-state index is -0.215. The summed E-state index contributed by atoms with van der Waals surface area (Å²) in [7, 11) is 0. The van der Waals surface area contributed by atoms with Crippen molar-refractivity contribution in [2.45, 2.75) is 0 Å². The van der Waals surface area contributed by atoms with Crippen molar-refractivity contribution in [3.05, 3.63) is 48.0 Å². The van der Waals surface area contributed by atoms with E-state index in [4.69, 9.17) is 5.73 Å². The summed E-state index contributed by atoms with van der Waals surface area (Å²) in [5.74, 6) is -0.215. The number of benzene rings is 2. The molecular weight excluding hydrogens is 260 g/mol. The van der Waals surface area contributed by atoms with Crippen LogP contribution in [-0.4, -0.2) is 16.1 Å². The Labute approximate surface area is 113 Å². The Morgan fingerprint density at radius 1 is 1.11 bits per heavy atom. The topological polar surface area (TPSA) is 80.9 Å². The molecule has 19 heavy (non-hydrogen) atoms. The molecule has 6 heteroatoms. The van der Waals surface area contributed by atoms with Crippen LogP contribution >= 0.6 is 11.3 Å². The molecule has 0 fully saturated rings. The van der Waals surface area contributed by atoms with Gasteiger partial charge in [0.15, 0.2) is 0 Å². The normalized spacial score (nSPS) is 10.5. The van der Waals surface area contributed by atoms with Gasteiger partial charge < -0.3 is 5.73 Å². The van der Waals surface area contributed by atoms with Crippen molar-refractivity contribution in [2.24, 2.45) is 0 Å².